The van der Waals surface area contributed by atoms with E-state index in [1.165, 1.54) is 12.1 Å². The lowest BCUT2D eigenvalue weighted by Gasteiger charge is -2.39. The molecule has 1 fully saturated rings. The van der Waals surface area contributed by atoms with Crippen molar-refractivity contribution in [3.05, 3.63) is 63.0 Å². The SMILES string of the molecule is O=C(c1ccc(=O)[nH]n1)N1CCC[C@H](O)[C@@H]1Cc1ccc(Cl)cc1. The fraction of sp³-hybridized carbons (Fsp3) is 0.353. The molecule has 2 atom stereocenters. The number of rotatable bonds is 3. The zero-order chi connectivity index (χ0) is 17.1. The van der Waals surface area contributed by atoms with Crippen LogP contribution < -0.4 is 5.56 Å². The van der Waals surface area contributed by atoms with Gasteiger partial charge in [-0.3, -0.25) is 9.59 Å². The maximum absolute atomic E-state index is 12.7. The summed E-state index contributed by atoms with van der Waals surface area (Å²) in [6.45, 7) is 0.551. The van der Waals surface area contributed by atoms with Crippen LogP contribution in [0.4, 0.5) is 0 Å². The van der Waals surface area contributed by atoms with Gasteiger partial charge >= 0.3 is 0 Å². The second-order valence-corrected chi connectivity index (χ2v) is 6.35. The summed E-state index contributed by atoms with van der Waals surface area (Å²) in [5, 5.41) is 17.1. The number of carbonyl (C=O) groups excluding carboxylic acids is 1. The number of hydrogen-bond donors (Lipinski definition) is 2. The fourth-order valence-corrected chi connectivity index (χ4v) is 3.13. The Labute approximate surface area is 144 Å². The number of benzene rings is 1. The molecule has 0 bridgehead atoms. The maximum atomic E-state index is 12.7. The highest BCUT2D eigenvalue weighted by atomic mass is 35.5. The number of nitrogens with zero attached hydrogens (tertiary/aromatic N) is 2. The number of carbonyl (C=O) groups is 1. The quantitative estimate of drug-likeness (QED) is 0.883. The predicted octanol–water partition coefficient (Wildman–Crippen LogP) is 1.63. The Kier molecular flexibility index (Phi) is 4.97. The highest BCUT2D eigenvalue weighted by Gasteiger charge is 2.34. The molecule has 0 aliphatic carbocycles. The summed E-state index contributed by atoms with van der Waals surface area (Å²) in [5.41, 5.74) is 0.810. The molecule has 1 aliphatic rings. The van der Waals surface area contributed by atoms with Gasteiger partial charge in [-0.2, -0.15) is 5.10 Å². The Balaban J connectivity index is 1.83. The minimum Gasteiger partial charge on any atom is -0.391 e. The minimum atomic E-state index is -0.596. The molecule has 1 saturated heterocycles. The first-order valence-electron chi connectivity index (χ1n) is 7.84. The molecule has 1 aliphatic heterocycles. The molecule has 1 amide bonds. The van der Waals surface area contributed by atoms with Crippen molar-refractivity contribution >= 4 is 17.5 Å². The number of halogens is 1. The second-order valence-electron chi connectivity index (χ2n) is 5.91. The van der Waals surface area contributed by atoms with Crippen LogP contribution in [0, 0.1) is 0 Å². The molecule has 2 N–H and O–H groups in total. The number of H-pyrrole nitrogens is 1. The van der Waals surface area contributed by atoms with Crippen molar-refractivity contribution in [2.24, 2.45) is 0 Å². The smallest absolute Gasteiger partial charge is 0.274 e. The number of hydrogen-bond acceptors (Lipinski definition) is 4. The van der Waals surface area contributed by atoms with Gasteiger partial charge in [-0.05, 0) is 43.0 Å². The predicted molar refractivity (Wildman–Crippen MR) is 90.1 cm³/mol. The van der Waals surface area contributed by atoms with E-state index in [-0.39, 0.29) is 23.2 Å². The first kappa shape index (κ1) is 16.7. The third-order valence-electron chi connectivity index (χ3n) is 4.26. The third kappa shape index (κ3) is 3.66. The Morgan fingerprint density at radius 1 is 1.29 bits per heavy atom. The zero-order valence-electron chi connectivity index (χ0n) is 13.0. The van der Waals surface area contributed by atoms with Gasteiger partial charge in [0.2, 0.25) is 0 Å². The first-order valence-corrected chi connectivity index (χ1v) is 8.21. The van der Waals surface area contributed by atoms with Crippen LogP contribution in [0.25, 0.3) is 0 Å². The van der Waals surface area contributed by atoms with Gasteiger partial charge in [0.05, 0.1) is 12.1 Å². The largest absolute Gasteiger partial charge is 0.391 e. The van der Waals surface area contributed by atoms with Gasteiger partial charge in [-0.1, -0.05) is 23.7 Å². The number of aromatic nitrogens is 2. The van der Waals surface area contributed by atoms with Crippen LogP contribution >= 0.6 is 11.6 Å². The highest BCUT2D eigenvalue weighted by molar-refractivity contribution is 6.30. The molecule has 3 rings (SSSR count). The van der Waals surface area contributed by atoms with E-state index in [9.17, 15) is 14.7 Å². The van der Waals surface area contributed by atoms with Gasteiger partial charge in [0.15, 0.2) is 0 Å². The lowest BCUT2D eigenvalue weighted by molar-refractivity contribution is 0.0114. The average Bonchev–Trinajstić information content (AvgIpc) is 2.58. The van der Waals surface area contributed by atoms with E-state index < -0.39 is 6.10 Å². The molecule has 0 unspecified atom stereocenters. The van der Waals surface area contributed by atoms with Crippen molar-refractivity contribution in [2.75, 3.05) is 6.54 Å². The molecule has 2 heterocycles. The number of aromatic amines is 1. The highest BCUT2D eigenvalue weighted by Crippen LogP contribution is 2.23. The Bertz CT molecular complexity index is 755. The number of piperidine rings is 1. The van der Waals surface area contributed by atoms with Crippen LogP contribution in [0.5, 0.6) is 0 Å². The number of nitrogens with one attached hydrogen (secondary N) is 1. The van der Waals surface area contributed by atoms with Gasteiger partial charge in [0.25, 0.3) is 11.5 Å². The standard InChI is InChI=1S/C17H18ClN3O3/c18-12-5-3-11(4-6-12)10-14-15(22)2-1-9-21(14)17(24)13-7-8-16(23)20-19-13/h3-8,14-15,22H,1-2,9-10H2,(H,20,23)/t14-,15-/m0/s1. The Hall–Kier alpha value is -2.18. The zero-order valence-corrected chi connectivity index (χ0v) is 13.7. The van der Waals surface area contributed by atoms with E-state index in [2.05, 4.69) is 10.2 Å². The summed E-state index contributed by atoms with van der Waals surface area (Å²) in [5.74, 6) is -0.288. The summed E-state index contributed by atoms with van der Waals surface area (Å²) < 4.78 is 0. The molecule has 1 aromatic carbocycles. The maximum Gasteiger partial charge on any atom is 0.274 e. The molecule has 0 radical (unpaired) electrons. The van der Waals surface area contributed by atoms with E-state index in [1.54, 1.807) is 17.0 Å². The normalized spacial score (nSPS) is 20.8. The number of aliphatic hydroxyl groups excluding tert-OH is 1. The van der Waals surface area contributed by atoms with Gasteiger partial charge in [0.1, 0.15) is 5.69 Å². The van der Waals surface area contributed by atoms with Crippen molar-refractivity contribution in [3.63, 3.8) is 0 Å². The molecular weight excluding hydrogens is 330 g/mol. The average molecular weight is 348 g/mol. The fourth-order valence-electron chi connectivity index (χ4n) is 3.01. The van der Waals surface area contributed by atoms with Crippen LogP contribution in [0.3, 0.4) is 0 Å². The Morgan fingerprint density at radius 2 is 2.04 bits per heavy atom. The van der Waals surface area contributed by atoms with Gasteiger partial charge in [0, 0.05) is 17.6 Å². The van der Waals surface area contributed by atoms with Gasteiger partial charge < -0.3 is 10.0 Å². The topological polar surface area (TPSA) is 86.3 Å². The molecule has 7 heteroatoms. The van der Waals surface area contributed by atoms with Crippen LogP contribution in [0.1, 0.15) is 28.9 Å². The van der Waals surface area contributed by atoms with Crippen LogP contribution in [-0.4, -0.2) is 44.8 Å². The van der Waals surface area contributed by atoms with E-state index >= 15 is 0 Å². The van der Waals surface area contributed by atoms with Crippen molar-refractivity contribution < 1.29 is 9.90 Å². The van der Waals surface area contributed by atoms with E-state index in [0.29, 0.717) is 24.4 Å². The van der Waals surface area contributed by atoms with E-state index in [4.69, 9.17) is 11.6 Å². The number of likely N-dealkylation sites (tertiary alicyclic amines) is 1. The molecular formula is C17H18ClN3O3. The molecule has 6 nitrogen and oxygen atoms in total. The Morgan fingerprint density at radius 3 is 2.71 bits per heavy atom. The number of amides is 1. The lowest BCUT2D eigenvalue weighted by atomic mass is 9.92. The summed E-state index contributed by atoms with van der Waals surface area (Å²) in [4.78, 5) is 25.5. The lowest BCUT2D eigenvalue weighted by Crippen LogP contribution is -2.52. The molecule has 1 aromatic heterocycles. The van der Waals surface area contributed by atoms with Gasteiger partial charge in [-0.25, -0.2) is 5.10 Å². The van der Waals surface area contributed by atoms with Crippen molar-refractivity contribution in [3.8, 4) is 0 Å². The first-order chi connectivity index (χ1) is 11.5. The van der Waals surface area contributed by atoms with Crippen molar-refractivity contribution in [2.45, 2.75) is 31.4 Å². The second kappa shape index (κ2) is 7.15. The van der Waals surface area contributed by atoms with Crippen LogP contribution in [-0.2, 0) is 6.42 Å². The molecule has 126 valence electrons. The van der Waals surface area contributed by atoms with Crippen molar-refractivity contribution in [1.82, 2.24) is 15.1 Å². The summed E-state index contributed by atoms with van der Waals surface area (Å²) in [6, 6.07) is 9.72. The van der Waals surface area contributed by atoms with Crippen LogP contribution in [0.2, 0.25) is 5.02 Å². The summed E-state index contributed by atoms with van der Waals surface area (Å²) in [6.07, 6.45) is 1.32. The van der Waals surface area contributed by atoms with E-state index in [0.717, 1.165) is 12.0 Å². The minimum absolute atomic E-state index is 0.171. The number of aliphatic hydroxyl groups is 1. The van der Waals surface area contributed by atoms with Crippen LogP contribution in [0.15, 0.2) is 41.2 Å². The summed E-state index contributed by atoms with van der Waals surface area (Å²) >= 11 is 5.90. The van der Waals surface area contributed by atoms with Gasteiger partial charge in [-0.15, -0.1) is 0 Å². The molecule has 2 aromatic rings. The van der Waals surface area contributed by atoms with Crippen molar-refractivity contribution in [1.29, 1.82) is 0 Å². The molecule has 24 heavy (non-hydrogen) atoms. The molecule has 0 saturated carbocycles. The summed E-state index contributed by atoms with van der Waals surface area (Å²) in [7, 11) is 0. The monoisotopic (exact) mass is 347 g/mol. The molecule has 0 spiro atoms. The van der Waals surface area contributed by atoms with E-state index in [1.807, 2.05) is 12.1 Å². The third-order valence-corrected chi connectivity index (χ3v) is 4.51.